The van der Waals surface area contributed by atoms with Crippen LogP contribution >= 0.6 is 15.9 Å². The lowest BCUT2D eigenvalue weighted by Crippen LogP contribution is -2.44. The van der Waals surface area contributed by atoms with E-state index in [1.54, 1.807) is 13.3 Å². The van der Waals surface area contributed by atoms with Crippen LogP contribution in [0, 0.1) is 0 Å². The standard InChI is InChI=1S/C10H14BrN3O2/c1-7-6-16-4-3-14(7)10-12-5-8(11)9(13-10)15-2/h5,7H,3-4,6H2,1-2H3. The number of halogens is 1. The molecule has 0 saturated carbocycles. The molecule has 2 rings (SSSR count). The van der Waals surface area contributed by atoms with Crippen LogP contribution in [-0.4, -0.2) is 42.9 Å². The maximum atomic E-state index is 5.38. The van der Waals surface area contributed by atoms with Crippen molar-refractivity contribution in [3.63, 3.8) is 0 Å². The SMILES string of the molecule is COc1nc(N2CCOCC2C)ncc1Br. The monoisotopic (exact) mass is 287 g/mol. The second-order valence-electron chi connectivity index (χ2n) is 3.64. The third-order valence-electron chi connectivity index (χ3n) is 2.52. The van der Waals surface area contributed by atoms with Crippen LogP contribution < -0.4 is 9.64 Å². The molecule has 1 fully saturated rings. The van der Waals surface area contributed by atoms with Gasteiger partial charge in [0.1, 0.15) is 0 Å². The van der Waals surface area contributed by atoms with Crippen molar-refractivity contribution in [3.05, 3.63) is 10.7 Å². The van der Waals surface area contributed by atoms with Gasteiger partial charge in [0.05, 0.1) is 37.0 Å². The molecular weight excluding hydrogens is 274 g/mol. The summed E-state index contributed by atoms with van der Waals surface area (Å²) >= 11 is 3.34. The Kier molecular flexibility index (Phi) is 3.60. The summed E-state index contributed by atoms with van der Waals surface area (Å²) in [5, 5.41) is 0. The van der Waals surface area contributed by atoms with Gasteiger partial charge in [-0.15, -0.1) is 0 Å². The molecule has 0 spiro atoms. The van der Waals surface area contributed by atoms with Gasteiger partial charge in [0.15, 0.2) is 0 Å². The summed E-state index contributed by atoms with van der Waals surface area (Å²) in [4.78, 5) is 10.8. The number of rotatable bonds is 2. The third kappa shape index (κ3) is 2.27. The smallest absolute Gasteiger partial charge is 0.232 e. The summed E-state index contributed by atoms with van der Waals surface area (Å²) in [6.45, 7) is 4.33. The highest BCUT2D eigenvalue weighted by Crippen LogP contribution is 2.24. The zero-order valence-corrected chi connectivity index (χ0v) is 10.9. The summed E-state index contributed by atoms with van der Waals surface area (Å²) in [6, 6.07) is 0.291. The minimum absolute atomic E-state index is 0.291. The second-order valence-corrected chi connectivity index (χ2v) is 4.50. The Balaban J connectivity index is 2.25. The van der Waals surface area contributed by atoms with Crippen LogP contribution in [0.3, 0.4) is 0 Å². The van der Waals surface area contributed by atoms with Gasteiger partial charge in [0.25, 0.3) is 0 Å². The van der Waals surface area contributed by atoms with E-state index in [-0.39, 0.29) is 0 Å². The fraction of sp³-hybridized carbons (Fsp3) is 0.600. The summed E-state index contributed by atoms with van der Waals surface area (Å²) in [5.41, 5.74) is 0. The van der Waals surface area contributed by atoms with Gasteiger partial charge in [-0.2, -0.15) is 4.98 Å². The van der Waals surface area contributed by atoms with E-state index in [0.717, 1.165) is 11.0 Å². The zero-order valence-electron chi connectivity index (χ0n) is 9.31. The normalized spacial score (nSPS) is 20.9. The van der Waals surface area contributed by atoms with Crippen LogP contribution in [0.2, 0.25) is 0 Å². The van der Waals surface area contributed by atoms with Crippen LogP contribution in [0.1, 0.15) is 6.92 Å². The molecule has 0 aliphatic carbocycles. The van der Waals surface area contributed by atoms with Gasteiger partial charge >= 0.3 is 0 Å². The van der Waals surface area contributed by atoms with Crippen molar-refractivity contribution in [1.29, 1.82) is 0 Å². The molecule has 1 atom stereocenters. The fourth-order valence-electron chi connectivity index (χ4n) is 1.65. The van der Waals surface area contributed by atoms with Crippen molar-refractivity contribution in [3.8, 4) is 5.88 Å². The molecule has 0 radical (unpaired) electrons. The van der Waals surface area contributed by atoms with Crippen molar-refractivity contribution in [2.75, 3.05) is 31.8 Å². The predicted octanol–water partition coefficient (Wildman–Crippen LogP) is 1.47. The van der Waals surface area contributed by atoms with Gasteiger partial charge in [-0.25, -0.2) is 4.98 Å². The Morgan fingerprint density at radius 1 is 1.62 bits per heavy atom. The van der Waals surface area contributed by atoms with E-state index in [9.17, 15) is 0 Å². The van der Waals surface area contributed by atoms with Crippen LogP contribution in [0.25, 0.3) is 0 Å². The quantitative estimate of drug-likeness (QED) is 0.825. The minimum atomic E-state index is 0.291. The lowest BCUT2D eigenvalue weighted by molar-refractivity contribution is 0.0980. The average Bonchev–Trinajstić information content (AvgIpc) is 2.31. The van der Waals surface area contributed by atoms with E-state index in [2.05, 4.69) is 37.7 Å². The van der Waals surface area contributed by atoms with E-state index in [4.69, 9.17) is 9.47 Å². The van der Waals surface area contributed by atoms with Crippen molar-refractivity contribution in [2.24, 2.45) is 0 Å². The second kappa shape index (κ2) is 4.97. The van der Waals surface area contributed by atoms with E-state index < -0.39 is 0 Å². The first kappa shape index (κ1) is 11.6. The number of morpholine rings is 1. The highest BCUT2D eigenvalue weighted by Gasteiger charge is 2.22. The Labute approximate surface area is 103 Å². The van der Waals surface area contributed by atoms with Crippen molar-refractivity contribution >= 4 is 21.9 Å². The lowest BCUT2D eigenvalue weighted by Gasteiger charge is -2.33. The molecule has 16 heavy (non-hydrogen) atoms. The highest BCUT2D eigenvalue weighted by atomic mass is 79.9. The molecule has 1 saturated heterocycles. The van der Waals surface area contributed by atoms with E-state index in [1.807, 2.05) is 0 Å². The number of ether oxygens (including phenoxy) is 2. The lowest BCUT2D eigenvalue weighted by atomic mass is 10.3. The number of hydrogen-bond donors (Lipinski definition) is 0. The van der Waals surface area contributed by atoms with Gasteiger partial charge in [0.2, 0.25) is 11.8 Å². The van der Waals surface area contributed by atoms with E-state index in [1.165, 1.54) is 0 Å². The van der Waals surface area contributed by atoms with Gasteiger partial charge in [-0.05, 0) is 22.9 Å². The molecule has 88 valence electrons. The maximum absolute atomic E-state index is 5.38. The van der Waals surface area contributed by atoms with Crippen LogP contribution in [0.4, 0.5) is 5.95 Å². The number of aromatic nitrogens is 2. The van der Waals surface area contributed by atoms with Crippen LogP contribution in [0.15, 0.2) is 10.7 Å². The molecule has 2 heterocycles. The molecule has 5 nitrogen and oxygen atoms in total. The number of methoxy groups -OCH3 is 1. The zero-order chi connectivity index (χ0) is 11.5. The van der Waals surface area contributed by atoms with E-state index in [0.29, 0.717) is 31.1 Å². The Bertz CT molecular complexity index is 375. The van der Waals surface area contributed by atoms with Crippen molar-refractivity contribution in [2.45, 2.75) is 13.0 Å². The molecule has 1 aromatic heterocycles. The summed E-state index contributed by atoms with van der Waals surface area (Å²) < 4.78 is 11.3. The molecule has 0 bridgehead atoms. The van der Waals surface area contributed by atoms with Crippen molar-refractivity contribution in [1.82, 2.24) is 9.97 Å². The third-order valence-corrected chi connectivity index (χ3v) is 3.06. The van der Waals surface area contributed by atoms with Gasteiger partial charge in [0, 0.05) is 6.54 Å². The molecule has 0 N–H and O–H groups in total. The first-order valence-corrected chi connectivity index (χ1v) is 5.92. The molecule has 6 heteroatoms. The summed E-state index contributed by atoms with van der Waals surface area (Å²) in [7, 11) is 1.60. The topological polar surface area (TPSA) is 47.5 Å². The number of nitrogens with zero attached hydrogens (tertiary/aromatic N) is 3. The number of anilines is 1. The molecular formula is C10H14BrN3O2. The number of hydrogen-bond acceptors (Lipinski definition) is 5. The molecule has 1 aliphatic rings. The van der Waals surface area contributed by atoms with Crippen LogP contribution in [0.5, 0.6) is 5.88 Å². The molecule has 1 unspecified atom stereocenters. The summed E-state index contributed by atoms with van der Waals surface area (Å²) in [5.74, 6) is 1.25. The summed E-state index contributed by atoms with van der Waals surface area (Å²) in [6.07, 6.45) is 1.71. The molecule has 1 aliphatic heterocycles. The van der Waals surface area contributed by atoms with Gasteiger partial charge in [-0.3, -0.25) is 0 Å². The van der Waals surface area contributed by atoms with Crippen molar-refractivity contribution < 1.29 is 9.47 Å². The van der Waals surface area contributed by atoms with Gasteiger partial charge < -0.3 is 14.4 Å². The largest absolute Gasteiger partial charge is 0.480 e. The Morgan fingerprint density at radius 2 is 2.44 bits per heavy atom. The highest BCUT2D eigenvalue weighted by molar-refractivity contribution is 9.10. The molecule has 1 aromatic rings. The molecule has 0 amide bonds. The van der Waals surface area contributed by atoms with Crippen LogP contribution in [-0.2, 0) is 4.74 Å². The Hall–Kier alpha value is -0.880. The van der Waals surface area contributed by atoms with Gasteiger partial charge in [-0.1, -0.05) is 0 Å². The maximum Gasteiger partial charge on any atom is 0.232 e. The average molecular weight is 288 g/mol. The predicted molar refractivity (Wildman–Crippen MR) is 63.9 cm³/mol. The minimum Gasteiger partial charge on any atom is -0.480 e. The first-order chi connectivity index (χ1) is 7.72. The Morgan fingerprint density at radius 3 is 3.12 bits per heavy atom. The fourth-order valence-corrected chi connectivity index (χ4v) is 2.00. The first-order valence-electron chi connectivity index (χ1n) is 5.13. The van der Waals surface area contributed by atoms with E-state index >= 15 is 0 Å². The molecule has 0 aromatic carbocycles.